The smallest absolute Gasteiger partial charge is 0.419 e. The molecule has 33 heavy (non-hydrogen) atoms. The molecule has 0 saturated heterocycles. The summed E-state index contributed by atoms with van der Waals surface area (Å²) in [5.41, 5.74) is 6.79. The summed E-state index contributed by atoms with van der Waals surface area (Å²) < 4.78 is 51.7. The molecule has 8 heteroatoms. The summed E-state index contributed by atoms with van der Waals surface area (Å²) in [5, 5.41) is 0. The lowest BCUT2D eigenvalue weighted by Gasteiger charge is -2.15. The molecule has 0 unspecified atom stereocenters. The average Bonchev–Trinajstić information content (AvgIpc) is 2.82. The van der Waals surface area contributed by atoms with Crippen molar-refractivity contribution in [3.63, 3.8) is 0 Å². The summed E-state index contributed by atoms with van der Waals surface area (Å²) in [7, 11) is 0. The maximum absolute atomic E-state index is 13.4. The van der Waals surface area contributed by atoms with E-state index in [0.29, 0.717) is 5.56 Å². The Bertz CT molecular complexity index is 1220. The van der Waals surface area contributed by atoms with Crippen molar-refractivity contribution in [1.82, 2.24) is 9.97 Å². The van der Waals surface area contributed by atoms with Crippen molar-refractivity contribution in [2.24, 2.45) is 0 Å². The number of nitrogen functional groups attached to an aromatic ring is 1. The predicted molar refractivity (Wildman–Crippen MR) is 118 cm³/mol. The van der Waals surface area contributed by atoms with Gasteiger partial charge >= 0.3 is 6.18 Å². The van der Waals surface area contributed by atoms with Crippen molar-refractivity contribution in [1.29, 1.82) is 0 Å². The first kappa shape index (κ1) is 22.1. The summed E-state index contributed by atoms with van der Waals surface area (Å²) in [5.74, 6) is -0.178. The lowest BCUT2D eigenvalue weighted by molar-refractivity contribution is -0.137. The van der Waals surface area contributed by atoms with E-state index >= 15 is 0 Å². The zero-order chi connectivity index (χ0) is 23.3. The summed E-state index contributed by atoms with van der Waals surface area (Å²) in [6.07, 6.45) is -3.37. The quantitative estimate of drug-likeness (QED) is 0.379. The van der Waals surface area contributed by atoms with E-state index in [1.54, 1.807) is 12.1 Å². The number of hydrogen-bond acceptors (Lipinski definition) is 5. The number of ether oxygens (including phenoxy) is 2. The fourth-order valence-electron chi connectivity index (χ4n) is 3.14. The third-order valence-corrected chi connectivity index (χ3v) is 4.82. The molecule has 168 valence electrons. The van der Waals surface area contributed by atoms with Crippen molar-refractivity contribution in [3.05, 3.63) is 102 Å². The van der Waals surface area contributed by atoms with Gasteiger partial charge in [0.05, 0.1) is 5.56 Å². The van der Waals surface area contributed by atoms with Crippen LogP contribution in [0.4, 0.5) is 19.0 Å². The molecule has 0 spiro atoms. The van der Waals surface area contributed by atoms with Crippen LogP contribution in [-0.4, -0.2) is 9.97 Å². The number of nitrogens with two attached hydrogens (primary N) is 1. The number of hydrogen-bond donors (Lipinski definition) is 1. The van der Waals surface area contributed by atoms with Crippen molar-refractivity contribution in [3.8, 4) is 22.9 Å². The highest BCUT2D eigenvalue weighted by Crippen LogP contribution is 2.37. The SMILES string of the molecule is Nc1ncc(-c2ccc(OCc3ccccc3)nc2OCc2ccccc2)cc1C(F)(F)F. The van der Waals surface area contributed by atoms with Gasteiger partial charge in [0.2, 0.25) is 11.8 Å². The molecule has 4 rings (SSSR count). The average molecular weight is 451 g/mol. The van der Waals surface area contributed by atoms with E-state index in [0.717, 1.165) is 17.2 Å². The Morgan fingerprint density at radius 3 is 2.00 bits per heavy atom. The number of anilines is 1. The summed E-state index contributed by atoms with van der Waals surface area (Å²) in [6.45, 7) is 0.463. The van der Waals surface area contributed by atoms with E-state index in [2.05, 4.69) is 9.97 Å². The molecule has 0 saturated carbocycles. The minimum atomic E-state index is -4.63. The second-order valence-electron chi connectivity index (χ2n) is 7.21. The Morgan fingerprint density at radius 2 is 1.39 bits per heavy atom. The molecule has 0 bridgehead atoms. The maximum Gasteiger partial charge on any atom is 0.419 e. The number of pyridine rings is 2. The molecule has 2 heterocycles. The fourth-order valence-corrected chi connectivity index (χ4v) is 3.14. The van der Waals surface area contributed by atoms with Crippen LogP contribution in [0.2, 0.25) is 0 Å². The Hall–Kier alpha value is -4.07. The zero-order valence-electron chi connectivity index (χ0n) is 17.4. The minimum Gasteiger partial charge on any atom is -0.473 e. The third kappa shape index (κ3) is 5.60. The lowest BCUT2D eigenvalue weighted by atomic mass is 10.1. The molecule has 0 aliphatic rings. The summed E-state index contributed by atoms with van der Waals surface area (Å²) in [4.78, 5) is 8.13. The van der Waals surface area contributed by atoms with Gasteiger partial charge in [-0.25, -0.2) is 4.98 Å². The van der Waals surface area contributed by atoms with Crippen molar-refractivity contribution in [2.45, 2.75) is 19.4 Å². The van der Waals surface area contributed by atoms with Gasteiger partial charge in [0.1, 0.15) is 19.0 Å². The van der Waals surface area contributed by atoms with Crippen molar-refractivity contribution in [2.75, 3.05) is 5.73 Å². The molecule has 0 aliphatic carbocycles. The van der Waals surface area contributed by atoms with Crippen molar-refractivity contribution >= 4 is 5.82 Å². The Morgan fingerprint density at radius 1 is 0.788 bits per heavy atom. The van der Waals surface area contributed by atoms with Crippen LogP contribution in [0.5, 0.6) is 11.8 Å². The number of alkyl halides is 3. The monoisotopic (exact) mass is 451 g/mol. The zero-order valence-corrected chi connectivity index (χ0v) is 17.4. The Kier molecular flexibility index (Phi) is 6.44. The van der Waals surface area contributed by atoms with E-state index in [1.807, 2.05) is 60.7 Å². The van der Waals surface area contributed by atoms with Crippen LogP contribution in [0, 0.1) is 0 Å². The number of benzene rings is 2. The van der Waals surface area contributed by atoms with Crippen LogP contribution in [-0.2, 0) is 19.4 Å². The largest absolute Gasteiger partial charge is 0.473 e. The topological polar surface area (TPSA) is 70.3 Å². The van der Waals surface area contributed by atoms with Gasteiger partial charge < -0.3 is 15.2 Å². The van der Waals surface area contributed by atoms with Crippen LogP contribution in [0.25, 0.3) is 11.1 Å². The molecule has 0 aliphatic heterocycles. The molecule has 2 aromatic carbocycles. The van der Waals surface area contributed by atoms with Crippen LogP contribution in [0.3, 0.4) is 0 Å². The standard InChI is InChI=1S/C25H20F3N3O2/c26-25(27,28)21-13-19(14-30-23(21)29)20-11-12-22(32-15-17-7-3-1-4-8-17)31-24(20)33-16-18-9-5-2-6-10-18/h1-14H,15-16H2,(H2,29,30). The van der Waals surface area contributed by atoms with E-state index < -0.39 is 17.6 Å². The van der Waals surface area contributed by atoms with Gasteiger partial charge in [-0.15, -0.1) is 0 Å². The Labute approximate surface area is 188 Å². The number of nitrogens with zero attached hydrogens (tertiary/aromatic N) is 2. The van der Waals surface area contributed by atoms with Crippen LogP contribution in [0.1, 0.15) is 16.7 Å². The van der Waals surface area contributed by atoms with Crippen LogP contribution < -0.4 is 15.2 Å². The second-order valence-corrected chi connectivity index (χ2v) is 7.21. The van der Waals surface area contributed by atoms with E-state index in [4.69, 9.17) is 15.2 Å². The van der Waals surface area contributed by atoms with Crippen molar-refractivity contribution < 1.29 is 22.6 Å². The van der Waals surface area contributed by atoms with Gasteiger partial charge in [0, 0.05) is 23.4 Å². The van der Waals surface area contributed by atoms with Gasteiger partial charge in [0.15, 0.2) is 0 Å². The highest BCUT2D eigenvalue weighted by Gasteiger charge is 2.34. The van der Waals surface area contributed by atoms with Gasteiger partial charge in [-0.05, 0) is 23.3 Å². The normalized spacial score (nSPS) is 11.2. The third-order valence-electron chi connectivity index (χ3n) is 4.82. The molecule has 2 aromatic heterocycles. The van der Waals surface area contributed by atoms with Gasteiger partial charge in [-0.1, -0.05) is 60.7 Å². The molecular formula is C25H20F3N3O2. The molecule has 0 atom stereocenters. The number of rotatable bonds is 7. The first-order valence-corrected chi connectivity index (χ1v) is 10.1. The molecular weight excluding hydrogens is 431 g/mol. The summed E-state index contributed by atoms with van der Waals surface area (Å²) >= 11 is 0. The van der Waals surface area contributed by atoms with E-state index in [-0.39, 0.29) is 30.5 Å². The van der Waals surface area contributed by atoms with Gasteiger partial charge in [-0.2, -0.15) is 18.2 Å². The molecule has 0 fully saturated rings. The predicted octanol–water partition coefficient (Wildman–Crippen LogP) is 5.90. The molecule has 4 aromatic rings. The Balaban J connectivity index is 1.66. The lowest BCUT2D eigenvalue weighted by Crippen LogP contribution is -2.10. The van der Waals surface area contributed by atoms with Crippen LogP contribution >= 0.6 is 0 Å². The minimum absolute atomic E-state index is 0.129. The number of halogens is 3. The first-order valence-electron chi connectivity index (χ1n) is 10.1. The summed E-state index contributed by atoms with van der Waals surface area (Å²) in [6, 6.07) is 23.0. The van der Waals surface area contributed by atoms with E-state index in [1.165, 1.54) is 6.20 Å². The highest BCUT2D eigenvalue weighted by molar-refractivity contribution is 5.70. The highest BCUT2D eigenvalue weighted by atomic mass is 19.4. The molecule has 2 N–H and O–H groups in total. The first-order chi connectivity index (χ1) is 15.9. The molecule has 5 nitrogen and oxygen atoms in total. The maximum atomic E-state index is 13.4. The number of aromatic nitrogens is 2. The second kappa shape index (κ2) is 9.60. The van der Waals surface area contributed by atoms with Gasteiger partial charge in [-0.3, -0.25) is 0 Å². The fraction of sp³-hybridized carbons (Fsp3) is 0.120. The van der Waals surface area contributed by atoms with Crippen LogP contribution in [0.15, 0.2) is 85.1 Å². The van der Waals surface area contributed by atoms with E-state index in [9.17, 15) is 13.2 Å². The van der Waals surface area contributed by atoms with Gasteiger partial charge in [0.25, 0.3) is 0 Å². The molecule has 0 amide bonds. The molecule has 0 radical (unpaired) electrons.